The van der Waals surface area contributed by atoms with Crippen LogP contribution >= 0.6 is 27.3 Å². The molecule has 1 aromatic carbocycles. The first-order chi connectivity index (χ1) is 8.69. The SMILES string of the molecule is CCc1ccc(C(C)NCc2cc(Br)cs2)cc1. The van der Waals surface area contributed by atoms with Gasteiger partial charge < -0.3 is 5.32 Å². The van der Waals surface area contributed by atoms with Crippen LogP contribution in [0, 0.1) is 0 Å². The second kappa shape index (κ2) is 6.50. The molecular weight excluding hydrogens is 306 g/mol. The Kier molecular flexibility index (Phi) is 4.98. The monoisotopic (exact) mass is 323 g/mol. The Morgan fingerprint density at radius 2 is 2.00 bits per heavy atom. The van der Waals surface area contributed by atoms with E-state index in [0.29, 0.717) is 6.04 Å². The molecule has 0 saturated heterocycles. The number of halogens is 1. The lowest BCUT2D eigenvalue weighted by Gasteiger charge is -2.14. The molecule has 18 heavy (non-hydrogen) atoms. The zero-order chi connectivity index (χ0) is 13.0. The van der Waals surface area contributed by atoms with Crippen LogP contribution in [0.4, 0.5) is 0 Å². The summed E-state index contributed by atoms with van der Waals surface area (Å²) in [5.41, 5.74) is 2.75. The summed E-state index contributed by atoms with van der Waals surface area (Å²) >= 11 is 5.27. The fourth-order valence-corrected chi connectivity index (χ4v) is 3.26. The highest BCUT2D eigenvalue weighted by Gasteiger charge is 2.05. The lowest BCUT2D eigenvalue weighted by Crippen LogP contribution is -2.17. The van der Waals surface area contributed by atoms with Gasteiger partial charge in [0.1, 0.15) is 0 Å². The van der Waals surface area contributed by atoms with E-state index in [1.54, 1.807) is 11.3 Å². The summed E-state index contributed by atoms with van der Waals surface area (Å²) in [6.45, 7) is 5.32. The molecule has 1 aromatic heterocycles. The predicted molar refractivity (Wildman–Crippen MR) is 83.1 cm³/mol. The third-order valence-corrected chi connectivity index (χ3v) is 4.79. The third kappa shape index (κ3) is 3.67. The molecule has 0 bridgehead atoms. The number of aryl methyl sites for hydroxylation is 1. The molecule has 0 radical (unpaired) electrons. The van der Waals surface area contributed by atoms with Gasteiger partial charge in [-0.15, -0.1) is 11.3 Å². The molecule has 0 aliphatic carbocycles. The topological polar surface area (TPSA) is 12.0 Å². The Labute approximate surface area is 121 Å². The average molecular weight is 324 g/mol. The Morgan fingerprint density at radius 1 is 1.28 bits per heavy atom. The Morgan fingerprint density at radius 3 is 2.56 bits per heavy atom. The van der Waals surface area contributed by atoms with Crippen molar-refractivity contribution in [3.05, 3.63) is 56.2 Å². The van der Waals surface area contributed by atoms with Gasteiger partial charge in [-0.3, -0.25) is 0 Å². The standard InChI is InChI=1S/C15H18BrNS/c1-3-12-4-6-13(7-5-12)11(2)17-9-15-8-14(16)10-18-15/h4-8,10-11,17H,3,9H2,1-2H3. The lowest BCUT2D eigenvalue weighted by molar-refractivity contribution is 0.578. The summed E-state index contributed by atoms with van der Waals surface area (Å²) in [6, 6.07) is 11.4. The van der Waals surface area contributed by atoms with Gasteiger partial charge in [-0.2, -0.15) is 0 Å². The molecule has 0 aliphatic heterocycles. The summed E-state index contributed by atoms with van der Waals surface area (Å²) < 4.78 is 1.17. The molecule has 0 fully saturated rings. The highest BCUT2D eigenvalue weighted by Crippen LogP contribution is 2.21. The maximum absolute atomic E-state index is 3.56. The van der Waals surface area contributed by atoms with Crippen molar-refractivity contribution in [3.8, 4) is 0 Å². The zero-order valence-electron chi connectivity index (χ0n) is 10.7. The fraction of sp³-hybridized carbons (Fsp3) is 0.333. The highest BCUT2D eigenvalue weighted by atomic mass is 79.9. The summed E-state index contributed by atoms with van der Waals surface area (Å²) in [5.74, 6) is 0. The zero-order valence-corrected chi connectivity index (χ0v) is 13.1. The van der Waals surface area contributed by atoms with E-state index < -0.39 is 0 Å². The largest absolute Gasteiger partial charge is 0.305 e. The van der Waals surface area contributed by atoms with Crippen LogP contribution in [0.3, 0.4) is 0 Å². The highest BCUT2D eigenvalue weighted by molar-refractivity contribution is 9.10. The predicted octanol–water partition coefficient (Wildman–Crippen LogP) is 4.92. The van der Waals surface area contributed by atoms with Gasteiger partial charge in [0.25, 0.3) is 0 Å². The van der Waals surface area contributed by atoms with Crippen molar-refractivity contribution < 1.29 is 0 Å². The second-order valence-corrected chi connectivity index (χ2v) is 6.34. The summed E-state index contributed by atoms with van der Waals surface area (Å²) in [4.78, 5) is 1.36. The first-order valence-corrected chi connectivity index (χ1v) is 7.91. The van der Waals surface area contributed by atoms with Gasteiger partial charge in [0.2, 0.25) is 0 Å². The molecule has 3 heteroatoms. The van der Waals surface area contributed by atoms with Crippen LogP contribution in [-0.2, 0) is 13.0 Å². The van der Waals surface area contributed by atoms with E-state index in [2.05, 4.69) is 70.8 Å². The first kappa shape index (κ1) is 13.8. The lowest BCUT2D eigenvalue weighted by atomic mass is 10.1. The van der Waals surface area contributed by atoms with E-state index in [0.717, 1.165) is 13.0 Å². The molecule has 0 amide bonds. The van der Waals surface area contributed by atoms with E-state index in [9.17, 15) is 0 Å². The molecule has 0 aliphatic rings. The molecular formula is C15H18BrNS. The minimum atomic E-state index is 0.386. The van der Waals surface area contributed by atoms with Gasteiger partial charge in [0, 0.05) is 27.3 Å². The molecule has 0 saturated carbocycles. The molecule has 1 N–H and O–H groups in total. The first-order valence-electron chi connectivity index (χ1n) is 6.24. The summed E-state index contributed by atoms with van der Waals surface area (Å²) in [7, 11) is 0. The van der Waals surface area contributed by atoms with Crippen LogP contribution < -0.4 is 5.32 Å². The molecule has 0 spiro atoms. The van der Waals surface area contributed by atoms with Gasteiger partial charge in [0.15, 0.2) is 0 Å². The number of hydrogen-bond acceptors (Lipinski definition) is 2. The normalized spacial score (nSPS) is 12.6. The summed E-state index contributed by atoms with van der Waals surface area (Å²) in [6.07, 6.45) is 1.10. The van der Waals surface area contributed by atoms with E-state index >= 15 is 0 Å². The Balaban J connectivity index is 1.92. The van der Waals surface area contributed by atoms with Gasteiger partial charge >= 0.3 is 0 Å². The van der Waals surface area contributed by atoms with E-state index in [1.807, 2.05) is 0 Å². The van der Waals surface area contributed by atoms with Crippen molar-refractivity contribution in [3.63, 3.8) is 0 Å². The minimum Gasteiger partial charge on any atom is -0.305 e. The summed E-state index contributed by atoms with van der Waals surface area (Å²) in [5, 5.41) is 5.68. The number of hydrogen-bond donors (Lipinski definition) is 1. The molecule has 1 atom stereocenters. The maximum Gasteiger partial charge on any atom is 0.0305 e. The molecule has 1 nitrogen and oxygen atoms in total. The minimum absolute atomic E-state index is 0.386. The average Bonchev–Trinajstić information content (AvgIpc) is 2.82. The number of rotatable bonds is 5. The Hall–Kier alpha value is -0.640. The number of nitrogens with one attached hydrogen (secondary N) is 1. The van der Waals surface area contributed by atoms with Gasteiger partial charge in [-0.05, 0) is 46.5 Å². The quantitative estimate of drug-likeness (QED) is 0.823. The Bertz CT molecular complexity index is 489. The molecule has 1 unspecified atom stereocenters. The van der Waals surface area contributed by atoms with Crippen molar-refractivity contribution >= 4 is 27.3 Å². The van der Waals surface area contributed by atoms with Crippen LogP contribution in [-0.4, -0.2) is 0 Å². The van der Waals surface area contributed by atoms with Gasteiger partial charge in [-0.25, -0.2) is 0 Å². The van der Waals surface area contributed by atoms with Crippen LogP contribution in [0.1, 0.15) is 35.9 Å². The van der Waals surface area contributed by atoms with Gasteiger partial charge in [0.05, 0.1) is 0 Å². The van der Waals surface area contributed by atoms with Crippen molar-refractivity contribution in [1.82, 2.24) is 5.32 Å². The van der Waals surface area contributed by atoms with Crippen LogP contribution in [0.2, 0.25) is 0 Å². The fourth-order valence-electron chi connectivity index (χ4n) is 1.86. The van der Waals surface area contributed by atoms with E-state index in [4.69, 9.17) is 0 Å². The molecule has 1 heterocycles. The van der Waals surface area contributed by atoms with Crippen molar-refractivity contribution in [2.45, 2.75) is 32.9 Å². The molecule has 96 valence electrons. The van der Waals surface area contributed by atoms with Crippen molar-refractivity contribution in [1.29, 1.82) is 0 Å². The van der Waals surface area contributed by atoms with Crippen LogP contribution in [0.25, 0.3) is 0 Å². The van der Waals surface area contributed by atoms with E-state index in [-0.39, 0.29) is 0 Å². The van der Waals surface area contributed by atoms with E-state index in [1.165, 1.54) is 20.5 Å². The second-order valence-electron chi connectivity index (χ2n) is 4.43. The van der Waals surface area contributed by atoms with Gasteiger partial charge in [-0.1, -0.05) is 31.2 Å². The van der Waals surface area contributed by atoms with Crippen LogP contribution in [0.5, 0.6) is 0 Å². The van der Waals surface area contributed by atoms with Crippen LogP contribution in [0.15, 0.2) is 40.2 Å². The smallest absolute Gasteiger partial charge is 0.0305 e. The molecule has 2 rings (SSSR count). The van der Waals surface area contributed by atoms with Crippen molar-refractivity contribution in [2.24, 2.45) is 0 Å². The maximum atomic E-state index is 3.56. The third-order valence-electron chi connectivity index (χ3n) is 3.09. The number of thiophene rings is 1. The van der Waals surface area contributed by atoms with Crippen molar-refractivity contribution in [2.75, 3.05) is 0 Å². The number of benzene rings is 1. The molecule has 2 aromatic rings.